The van der Waals surface area contributed by atoms with Crippen LogP contribution in [-0.4, -0.2) is 51.5 Å². The summed E-state index contributed by atoms with van der Waals surface area (Å²) in [6.07, 6.45) is 5.48. The fourth-order valence-corrected chi connectivity index (χ4v) is 4.44. The Morgan fingerprint density at radius 2 is 2.21 bits per heavy atom. The molecule has 5 rings (SSSR count). The van der Waals surface area contributed by atoms with Crippen molar-refractivity contribution in [3.05, 3.63) is 41.7 Å². The van der Waals surface area contributed by atoms with Crippen LogP contribution in [0.25, 0.3) is 10.9 Å². The molecule has 2 aromatic heterocycles. The Morgan fingerprint density at radius 3 is 3.00 bits per heavy atom. The van der Waals surface area contributed by atoms with Crippen molar-refractivity contribution in [2.75, 3.05) is 26.3 Å². The van der Waals surface area contributed by atoms with Crippen molar-refractivity contribution >= 4 is 10.9 Å². The van der Waals surface area contributed by atoms with E-state index in [2.05, 4.69) is 43.4 Å². The summed E-state index contributed by atoms with van der Waals surface area (Å²) in [6, 6.07) is 6.47. The Morgan fingerprint density at radius 1 is 1.31 bits per heavy atom. The second-order valence-corrected chi connectivity index (χ2v) is 7.95. The quantitative estimate of drug-likeness (QED) is 0.682. The molecule has 0 radical (unpaired) electrons. The molecule has 1 N–H and O–H groups in total. The lowest BCUT2D eigenvalue weighted by atomic mass is 9.90. The lowest BCUT2D eigenvalue weighted by Gasteiger charge is -2.39. The van der Waals surface area contributed by atoms with Crippen LogP contribution >= 0.6 is 0 Å². The highest BCUT2D eigenvalue weighted by Gasteiger charge is 2.42. The summed E-state index contributed by atoms with van der Waals surface area (Å²) in [5.41, 5.74) is 1.86. The number of hydrogen-bond donors (Lipinski definition) is 1. The summed E-state index contributed by atoms with van der Waals surface area (Å²) in [5.74, 6) is 1.26. The fraction of sp³-hybridized carbons (Fsp3) is 0.571. The van der Waals surface area contributed by atoms with Gasteiger partial charge < -0.3 is 14.0 Å². The van der Waals surface area contributed by atoms with Crippen LogP contribution in [0.3, 0.4) is 0 Å². The SMILES string of the molecule is CCOC1(c2nc([C@H]3CCCO3)no2)CCN(Cc2ccc3cn[nH]c3c2)CC1. The molecular formula is C21H27N5O3. The zero-order valence-corrected chi connectivity index (χ0v) is 16.8. The first-order chi connectivity index (χ1) is 14.3. The number of nitrogens with one attached hydrogen (secondary N) is 1. The van der Waals surface area contributed by atoms with Crippen molar-refractivity contribution in [2.24, 2.45) is 0 Å². The van der Waals surface area contributed by atoms with Crippen LogP contribution in [-0.2, 0) is 21.6 Å². The van der Waals surface area contributed by atoms with Crippen LogP contribution in [0.2, 0.25) is 0 Å². The van der Waals surface area contributed by atoms with Gasteiger partial charge in [-0.1, -0.05) is 17.3 Å². The molecule has 154 valence electrons. The molecule has 0 bridgehead atoms. The Labute approximate surface area is 169 Å². The van der Waals surface area contributed by atoms with E-state index in [-0.39, 0.29) is 6.10 Å². The maximum atomic E-state index is 6.20. The summed E-state index contributed by atoms with van der Waals surface area (Å²) in [7, 11) is 0. The van der Waals surface area contributed by atoms with Gasteiger partial charge in [0.15, 0.2) is 0 Å². The molecule has 1 aromatic carbocycles. The average Bonchev–Trinajstić information content (AvgIpc) is 3.50. The molecule has 0 aliphatic carbocycles. The predicted molar refractivity (Wildman–Crippen MR) is 106 cm³/mol. The minimum absolute atomic E-state index is 0.0383. The predicted octanol–water partition coefficient (Wildman–Crippen LogP) is 3.33. The molecule has 0 spiro atoms. The third kappa shape index (κ3) is 3.68. The number of hydrogen-bond acceptors (Lipinski definition) is 7. The van der Waals surface area contributed by atoms with Crippen LogP contribution < -0.4 is 0 Å². The molecule has 0 amide bonds. The topological polar surface area (TPSA) is 89.3 Å². The number of ether oxygens (including phenoxy) is 2. The number of aromatic nitrogens is 4. The Kier molecular flexibility index (Phi) is 5.07. The molecule has 29 heavy (non-hydrogen) atoms. The molecular weight excluding hydrogens is 370 g/mol. The third-order valence-corrected chi connectivity index (χ3v) is 6.05. The van der Waals surface area contributed by atoms with E-state index in [0.717, 1.165) is 62.8 Å². The van der Waals surface area contributed by atoms with E-state index in [9.17, 15) is 0 Å². The van der Waals surface area contributed by atoms with Gasteiger partial charge in [0.25, 0.3) is 5.89 Å². The van der Waals surface area contributed by atoms with Crippen molar-refractivity contribution in [3.8, 4) is 0 Å². The lowest BCUT2D eigenvalue weighted by molar-refractivity contribution is -0.104. The maximum Gasteiger partial charge on any atom is 0.259 e. The smallest absolute Gasteiger partial charge is 0.259 e. The molecule has 2 fully saturated rings. The number of aromatic amines is 1. The van der Waals surface area contributed by atoms with Gasteiger partial charge in [0.1, 0.15) is 11.7 Å². The van der Waals surface area contributed by atoms with Gasteiger partial charge in [0.05, 0.1) is 11.7 Å². The number of benzene rings is 1. The summed E-state index contributed by atoms with van der Waals surface area (Å²) >= 11 is 0. The van der Waals surface area contributed by atoms with E-state index in [1.54, 1.807) is 0 Å². The van der Waals surface area contributed by atoms with Gasteiger partial charge in [-0.2, -0.15) is 10.1 Å². The zero-order chi connectivity index (χ0) is 19.7. The first kappa shape index (κ1) is 18.7. The minimum atomic E-state index is -0.498. The number of piperidine rings is 1. The number of fused-ring (bicyclic) bond motifs is 1. The largest absolute Gasteiger partial charge is 0.370 e. The summed E-state index contributed by atoms with van der Waals surface area (Å²) < 4.78 is 17.6. The molecule has 3 aromatic rings. The highest BCUT2D eigenvalue weighted by atomic mass is 16.5. The van der Waals surface area contributed by atoms with Gasteiger partial charge in [-0.05, 0) is 44.2 Å². The Hall–Kier alpha value is -2.29. The number of nitrogens with zero attached hydrogens (tertiary/aromatic N) is 4. The minimum Gasteiger partial charge on any atom is -0.370 e. The van der Waals surface area contributed by atoms with E-state index < -0.39 is 5.60 Å². The molecule has 8 nitrogen and oxygen atoms in total. The van der Waals surface area contributed by atoms with Crippen molar-refractivity contribution in [2.45, 2.75) is 50.9 Å². The van der Waals surface area contributed by atoms with Gasteiger partial charge in [0, 0.05) is 38.2 Å². The first-order valence-corrected chi connectivity index (χ1v) is 10.5. The second-order valence-electron chi connectivity index (χ2n) is 7.95. The third-order valence-electron chi connectivity index (χ3n) is 6.05. The van der Waals surface area contributed by atoms with E-state index in [1.165, 1.54) is 5.56 Å². The maximum absolute atomic E-state index is 6.20. The van der Waals surface area contributed by atoms with E-state index in [0.29, 0.717) is 18.3 Å². The van der Waals surface area contributed by atoms with Crippen molar-refractivity contribution < 1.29 is 14.0 Å². The van der Waals surface area contributed by atoms with Crippen LogP contribution in [0.15, 0.2) is 28.9 Å². The van der Waals surface area contributed by atoms with Crippen LogP contribution in [0, 0.1) is 0 Å². The monoisotopic (exact) mass is 397 g/mol. The second kappa shape index (κ2) is 7.85. The standard InChI is InChI=1S/C21H27N5O3/c1-2-28-21(20-23-19(25-29-20)18-4-3-11-27-18)7-9-26(10-8-21)14-15-5-6-16-13-22-24-17(16)12-15/h5-6,12-13,18H,2-4,7-11,14H2,1H3,(H,22,24)/t18-/m1/s1. The molecule has 2 aliphatic heterocycles. The summed E-state index contributed by atoms with van der Waals surface area (Å²) in [5, 5.41) is 12.5. The number of likely N-dealkylation sites (tertiary alicyclic amines) is 1. The summed E-state index contributed by atoms with van der Waals surface area (Å²) in [6.45, 7) is 6.14. The highest BCUT2D eigenvalue weighted by molar-refractivity contribution is 5.78. The lowest BCUT2D eigenvalue weighted by Crippen LogP contribution is -2.44. The van der Waals surface area contributed by atoms with Gasteiger partial charge in [-0.25, -0.2) is 0 Å². The number of H-pyrrole nitrogens is 1. The normalized spacial score (nSPS) is 22.4. The highest BCUT2D eigenvalue weighted by Crippen LogP contribution is 2.37. The van der Waals surface area contributed by atoms with Crippen LogP contribution in [0.1, 0.15) is 56.0 Å². The fourth-order valence-electron chi connectivity index (χ4n) is 4.44. The average molecular weight is 397 g/mol. The molecule has 0 unspecified atom stereocenters. The molecule has 2 saturated heterocycles. The van der Waals surface area contributed by atoms with Crippen molar-refractivity contribution in [1.82, 2.24) is 25.2 Å². The van der Waals surface area contributed by atoms with Gasteiger partial charge >= 0.3 is 0 Å². The summed E-state index contributed by atoms with van der Waals surface area (Å²) in [4.78, 5) is 7.14. The molecule has 4 heterocycles. The van der Waals surface area contributed by atoms with Gasteiger partial charge in [0.2, 0.25) is 5.82 Å². The van der Waals surface area contributed by atoms with E-state index >= 15 is 0 Å². The molecule has 2 aliphatic rings. The molecule has 0 saturated carbocycles. The van der Waals surface area contributed by atoms with Gasteiger partial charge in [-0.15, -0.1) is 0 Å². The number of rotatable bonds is 6. The Bertz CT molecular complexity index is 954. The van der Waals surface area contributed by atoms with Crippen molar-refractivity contribution in [3.63, 3.8) is 0 Å². The molecule has 1 atom stereocenters. The Balaban J connectivity index is 1.28. The van der Waals surface area contributed by atoms with Crippen LogP contribution in [0.4, 0.5) is 0 Å². The molecule has 8 heteroatoms. The van der Waals surface area contributed by atoms with E-state index in [4.69, 9.17) is 14.0 Å². The van der Waals surface area contributed by atoms with E-state index in [1.807, 2.05) is 13.1 Å². The first-order valence-electron chi connectivity index (χ1n) is 10.5. The zero-order valence-electron chi connectivity index (χ0n) is 16.8. The van der Waals surface area contributed by atoms with Crippen LogP contribution in [0.5, 0.6) is 0 Å². The van der Waals surface area contributed by atoms with Gasteiger partial charge in [-0.3, -0.25) is 10.00 Å². The van der Waals surface area contributed by atoms with Crippen molar-refractivity contribution in [1.29, 1.82) is 0 Å².